The van der Waals surface area contributed by atoms with E-state index in [0.717, 1.165) is 11.3 Å². The van der Waals surface area contributed by atoms with E-state index < -0.39 is 8.32 Å². The van der Waals surface area contributed by atoms with Crippen molar-refractivity contribution < 1.29 is 9.22 Å². The normalized spacial score (nSPS) is 19.8. The Morgan fingerprint density at radius 3 is 2.38 bits per heavy atom. The van der Waals surface area contributed by atoms with Gasteiger partial charge in [-0.05, 0) is 0 Å². The number of likely N-dealkylation sites (tertiary alicyclic amines) is 1. The molecule has 4 nitrogen and oxygen atoms in total. The van der Waals surface area contributed by atoms with Gasteiger partial charge in [0.15, 0.2) is 0 Å². The molecule has 7 heteroatoms. The topological polar surface area (TPSA) is 41.9 Å². The van der Waals surface area contributed by atoms with Gasteiger partial charge in [0.25, 0.3) is 0 Å². The molecule has 2 aromatic carbocycles. The summed E-state index contributed by atoms with van der Waals surface area (Å²) in [5, 5.41) is 0.710. The summed E-state index contributed by atoms with van der Waals surface area (Å²) in [5.41, 5.74) is 1.69. The van der Waals surface area contributed by atoms with E-state index in [4.69, 9.17) is 16.0 Å². The number of amides is 1. The van der Waals surface area contributed by atoms with Crippen LogP contribution < -0.4 is 0 Å². The van der Waals surface area contributed by atoms with Gasteiger partial charge in [-0.15, -0.1) is 0 Å². The van der Waals surface area contributed by atoms with Gasteiger partial charge in [0.05, 0.1) is 0 Å². The number of carbonyl (C=O) groups is 1. The summed E-state index contributed by atoms with van der Waals surface area (Å²) in [5.74, 6) is 6.26. The first-order valence-corrected chi connectivity index (χ1v) is 15.6. The fourth-order valence-electron chi connectivity index (χ4n) is 3.71. The van der Waals surface area contributed by atoms with E-state index in [0.29, 0.717) is 16.2 Å². The number of hydrogen-bond donors (Lipinski definition) is 0. The van der Waals surface area contributed by atoms with Crippen molar-refractivity contribution in [3.8, 4) is 11.8 Å². The molecule has 1 aliphatic heterocycles. The van der Waals surface area contributed by atoms with E-state index in [9.17, 15) is 4.79 Å². The van der Waals surface area contributed by atoms with Crippen LogP contribution in [0.4, 0.5) is 5.69 Å². The Morgan fingerprint density at radius 2 is 1.79 bits per heavy atom. The summed E-state index contributed by atoms with van der Waals surface area (Å²) in [6.07, 6.45) is 0.342. The zero-order chi connectivity index (χ0) is 25.1. The molecule has 0 aromatic heterocycles. The summed E-state index contributed by atoms with van der Waals surface area (Å²) in [6, 6.07) is 17.0. The third-order valence-electron chi connectivity index (χ3n) is 6.64. The Balaban J connectivity index is 1.85. The van der Waals surface area contributed by atoms with E-state index in [-0.39, 0.29) is 29.0 Å². The number of carbonyl (C=O) groups excluding carboxylic acids is 1. The van der Waals surface area contributed by atoms with Crippen LogP contribution in [0.25, 0.3) is 0 Å². The maximum absolute atomic E-state index is 13.4. The molecule has 0 saturated carbocycles. The molecule has 0 unspecified atom stereocenters. The molecule has 1 radical (unpaired) electrons. The van der Waals surface area contributed by atoms with Crippen molar-refractivity contribution >= 4 is 52.3 Å². The molecule has 0 aliphatic carbocycles. The summed E-state index contributed by atoms with van der Waals surface area (Å²) in [4.78, 5) is 19.7. The number of amidine groups is 1. The molecule has 1 amide bonds. The predicted octanol–water partition coefficient (Wildman–Crippen LogP) is 6.18. The molecule has 0 spiro atoms. The molecule has 0 bridgehead atoms. The van der Waals surface area contributed by atoms with Crippen molar-refractivity contribution in [2.24, 2.45) is 10.9 Å². The average molecular weight is 559 g/mol. The van der Waals surface area contributed by atoms with Gasteiger partial charge in [0.1, 0.15) is 0 Å². The van der Waals surface area contributed by atoms with Gasteiger partial charge in [-0.2, -0.15) is 0 Å². The minimum atomic E-state index is -2.03. The minimum absolute atomic E-state index is 0.0178. The van der Waals surface area contributed by atoms with Crippen molar-refractivity contribution in [2.75, 3.05) is 0 Å². The number of benzene rings is 2. The third kappa shape index (κ3) is 6.22. The first-order chi connectivity index (χ1) is 15.9. The molecule has 179 valence electrons. The van der Waals surface area contributed by atoms with E-state index in [1.54, 1.807) is 17.0 Å². The second-order valence-electron chi connectivity index (χ2n) is 10.1. The van der Waals surface area contributed by atoms with E-state index in [1.165, 1.54) is 0 Å². The third-order valence-corrected chi connectivity index (χ3v) is 12.1. The average Bonchev–Trinajstić information content (AvgIpc) is 2.74. The first kappa shape index (κ1) is 26.7. The molecule has 3 rings (SSSR count). The van der Waals surface area contributed by atoms with Crippen molar-refractivity contribution in [1.82, 2.24) is 4.90 Å². The Labute approximate surface area is 218 Å². The monoisotopic (exact) mass is 559 g/mol. The van der Waals surface area contributed by atoms with E-state index in [2.05, 4.69) is 66.7 Å². The fraction of sp³-hybridized carbons (Fsp3) is 0.407. The van der Waals surface area contributed by atoms with Crippen LogP contribution in [-0.2, 0) is 9.22 Å². The summed E-state index contributed by atoms with van der Waals surface area (Å²) in [6.45, 7) is 13.1. The molecule has 1 fully saturated rings. The maximum atomic E-state index is 13.4. The summed E-state index contributed by atoms with van der Waals surface area (Å²) < 4.78 is 7.15. The van der Waals surface area contributed by atoms with Crippen LogP contribution in [0.5, 0.6) is 0 Å². The van der Waals surface area contributed by atoms with E-state index >= 15 is 0 Å². The molecule has 1 aliphatic rings. The molecule has 34 heavy (non-hydrogen) atoms. The number of β-lactam (4-membered cyclic amide) rings is 1. The van der Waals surface area contributed by atoms with Crippen LogP contribution in [0.2, 0.25) is 23.2 Å². The second kappa shape index (κ2) is 10.8. The number of rotatable bonds is 5. The Hall–Kier alpha value is -1.87. The van der Waals surface area contributed by atoms with E-state index in [1.807, 2.05) is 49.4 Å². The quantitative estimate of drug-likeness (QED) is 0.145. The number of nitrogens with zero attached hydrogens (tertiary/aromatic N) is 2. The van der Waals surface area contributed by atoms with Gasteiger partial charge >= 0.3 is 219 Å². The van der Waals surface area contributed by atoms with Crippen molar-refractivity contribution in [2.45, 2.75) is 64.4 Å². The number of aliphatic imine (C=N–C) groups is 1. The molecular formula is C27H32ClN2O2SeSi. The number of halogens is 1. The zero-order valence-corrected chi connectivity index (χ0v) is 24.1. The van der Waals surface area contributed by atoms with Crippen LogP contribution in [0, 0.1) is 17.8 Å². The van der Waals surface area contributed by atoms with Crippen LogP contribution in [-0.4, -0.2) is 52.0 Å². The molecule has 1 heterocycles. The van der Waals surface area contributed by atoms with Crippen molar-refractivity contribution in [1.29, 1.82) is 0 Å². The van der Waals surface area contributed by atoms with Crippen LogP contribution >= 0.6 is 11.6 Å². The summed E-state index contributed by atoms with van der Waals surface area (Å²) in [7, 11) is -2.03. The van der Waals surface area contributed by atoms with Gasteiger partial charge in [-0.25, -0.2) is 0 Å². The van der Waals surface area contributed by atoms with Gasteiger partial charge < -0.3 is 0 Å². The fourth-order valence-corrected chi connectivity index (χ4v) is 5.96. The van der Waals surface area contributed by atoms with Gasteiger partial charge in [0, 0.05) is 0 Å². The SMILES string of the molecule is C[C@@H](O[Si](C)(C)C(C)(C)C)[C@H]1C(=O)N(C([Se])=Nc2ccc(Cl)cc2)[C@@H]1CC#Cc1ccccc1. The van der Waals surface area contributed by atoms with Crippen LogP contribution in [0.3, 0.4) is 0 Å². The Kier molecular flexibility index (Phi) is 8.50. The van der Waals surface area contributed by atoms with Crippen molar-refractivity contribution in [3.05, 3.63) is 65.2 Å². The van der Waals surface area contributed by atoms with Crippen LogP contribution in [0.1, 0.15) is 39.7 Å². The molecule has 3 atom stereocenters. The molecule has 2 aromatic rings. The van der Waals surface area contributed by atoms with Crippen molar-refractivity contribution in [3.63, 3.8) is 0 Å². The standard InChI is InChI=1S/C27H32ClN2O2SeSi/c1-19(32-34(5,6)27(2,3)4)24-23(14-10-13-20-11-8-7-9-12-20)30(25(24)31)26(33)29-22-17-15-21(28)16-18-22/h7-9,11-12,15-19,23-24H,14H2,1-6H3/t19-,23-,24-/m1/s1. The molecule has 0 N–H and O–H groups in total. The number of hydrogen-bond acceptors (Lipinski definition) is 3. The van der Waals surface area contributed by atoms with Gasteiger partial charge in [-0.3, -0.25) is 0 Å². The molecular weight excluding hydrogens is 527 g/mol. The Bertz CT molecular complexity index is 1100. The van der Waals surface area contributed by atoms with Gasteiger partial charge in [-0.1, -0.05) is 0 Å². The van der Waals surface area contributed by atoms with Crippen LogP contribution in [0.15, 0.2) is 59.6 Å². The predicted molar refractivity (Wildman–Crippen MR) is 144 cm³/mol. The first-order valence-electron chi connectivity index (χ1n) is 11.5. The van der Waals surface area contributed by atoms with Gasteiger partial charge in [0.2, 0.25) is 0 Å². The summed E-state index contributed by atoms with van der Waals surface area (Å²) >= 11 is 8.98. The molecule has 1 saturated heterocycles. The second-order valence-corrected chi connectivity index (χ2v) is 16.1. The zero-order valence-electron chi connectivity index (χ0n) is 20.6. The Morgan fingerprint density at radius 1 is 1.18 bits per heavy atom.